The second-order valence-corrected chi connectivity index (χ2v) is 8.24. The van der Waals surface area contributed by atoms with Gasteiger partial charge in [-0.05, 0) is 64.0 Å². The molecule has 0 aliphatic carbocycles. The van der Waals surface area contributed by atoms with Crippen molar-refractivity contribution in [1.29, 1.82) is 0 Å². The van der Waals surface area contributed by atoms with Crippen molar-refractivity contribution in [2.24, 2.45) is 0 Å². The van der Waals surface area contributed by atoms with Crippen molar-refractivity contribution in [2.75, 3.05) is 6.61 Å². The average molecular weight is 477 g/mol. The molecule has 0 saturated carbocycles. The average Bonchev–Trinajstić information content (AvgIpc) is 2.81. The summed E-state index contributed by atoms with van der Waals surface area (Å²) in [6.45, 7) is 7.73. The fourth-order valence-corrected chi connectivity index (χ4v) is 3.26. The highest BCUT2D eigenvalue weighted by Crippen LogP contribution is 2.35. The number of rotatable bonds is 9. The summed E-state index contributed by atoms with van der Waals surface area (Å²) in [5.74, 6) is -1.67. The quantitative estimate of drug-likeness (QED) is 0.212. The standard InChI is InChI=1S/C28H28O7/c1-18(2)9-8-10-19(3)15-16-32-22-13-14-23-24(17-22)34-28(31)26(25(23)33-20(4)29)35-27(30)21-11-6-5-7-12-21/h5-7,9,11-15,17H,8,10,16H2,1-4H3/b19-15+. The Morgan fingerprint density at radius 1 is 0.914 bits per heavy atom. The zero-order chi connectivity index (χ0) is 25.4. The van der Waals surface area contributed by atoms with Crippen LogP contribution in [0.5, 0.6) is 17.2 Å². The van der Waals surface area contributed by atoms with Crippen LogP contribution in [0.25, 0.3) is 11.0 Å². The van der Waals surface area contributed by atoms with Gasteiger partial charge in [0.2, 0.25) is 0 Å². The first-order valence-corrected chi connectivity index (χ1v) is 11.2. The lowest BCUT2D eigenvalue weighted by Crippen LogP contribution is -2.17. The highest BCUT2D eigenvalue weighted by molar-refractivity contribution is 5.94. The number of esters is 2. The molecule has 35 heavy (non-hydrogen) atoms. The highest BCUT2D eigenvalue weighted by atomic mass is 16.6. The molecule has 0 radical (unpaired) electrons. The van der Waals surface area contributed by atoms with Crippen LogP contribution < -0.4 is 19.8 Å². The van der Waals surface area contributed by atoms with Crippen LogP contribution in [0.1, 0.15) is 50.9 Å². The summed E-state index contributed by atoms with van der Waals surface area (Å²) in [4.78, 5) is 36.9. The molecule has 7 nitrogen and oxygen atoms in total. The molecule has 0 aliphatic heterocycles. The lowest BCUT2D eigenvalue weighted by atomic mass is 10.1. The van der Waals surface area contributed by atoms with Crippen LogP contribution in [0.3, 0.4) is 0 Å². The van der Waals surface area contributed by atoms with Gasteiger partial charge in [-0.15, -0.1) is 0 Å². The molecule has 1 aromatic heterocycles. The van der Waals surface area contributed by atoms with E-state index in [1.165, 1.54) is 36.3 Å². The van der Waals surface area contributed by atoms with Crippen LogP contribution in [0.4, 0.5) is 0 Å². The first-order valence-electron chi connectivity index (χ1n) is 11.2. The number of fused-ring (bicyclic) bond motifs is 1. The summed E-state index contributed by atoms with van der Waals surface area (Å²) in [7, 11) is 0. The predicted molar refractivity (Wildman–Crippen MR) is 133 cm³/mol. The van der Waals surface area contributed by atoms with E-state index in [0.29, 0.717) is 12.4 Å². The minimum absolute atomic E-state index is 0.132. The van der Waals surface area contributed by atoms with Gasteiger partial charge in [0.05, 0.1) is 10.9 Å². The molecule has 182 valence electrons. The van der Waals surface area contributed by atoms with Crippen molar-refractivity contribution in [3.8, 4) is 17.2 Å². The Morgan fingerprint density at radius 2 is 1.66 bits per heavy atom. The third-order valence-corrected chi connectivity index (χ3v) is 5.02. The Kier molecular flexibility index (Phi) is 8.62. The van der Waals surface area contributed by atoms with E-state index >= 15 is 0 Å². The van der Waals surface area contributed by atoms with Crippen LogP contribution in [-0.2, 0) is 4.79 Å². The molecule has 0 bridgehead atoms. The van der Waals surface area contributed by atoms with Gasteiger partial charge in [0.25, 0.3) is 5.75 Å². The summed E-state index contributed by atoms with van der Waals surface area (Å²) < 4.78 is 21.7. The number of carbonyl (C=O) groups excluding carboxylic acids is 2. The fraction of sp³-hybridized carbons (Fsp3) is 0.250. The second kappa shape index (κ2) is 11.8. The molecule has 0 spiro atoms. The molecule has 0 N–H and O–H groups in total. The van der Waals surface area contributed by atoms with E-state index in [4.69, 9.17) is 18.6 Å². The van der Waals surface area contributed by atoms with Crippen LogP contribution in [0.15, 0.2) is 81.0 Å². The van der Waals surface area contributed by atoms with Crippen molar-refractivity contribution in [3.05, 3.63) is 87.8 Å². The number of hydrogen-bond acceptors (Lipinski definition) is 7. The van der Waals surface area contributed by atoms with Gasteiger partial charge in [-0.1, -0.05) is 35.4 Å². The summed E-state index contributed by atoms with van der Waals surface area (Å²) in [6.07, 6.45) is 6.10. The van der Waals surface area contributed by atoms with E-state index < -0.39 is 23.3 Å². The lowest BCUT2D eigenvalue weighted by Gasteiger charge is -2.12. The van der Waals surface area contributed by atoms with Gasteiger partial charge in [0, 0.05) is 13.0 Å². The molecule has 3 aromatic rings. The molecule has 3 rings (SSSR count). The van der Waals surface area contributed by atoms with E-state index in [2.05, 4.69) is 19.9 Å². The normalized spacial score (nSPS) is 11.1. The van der Waals surface area contributed by atoms with E-state index in [1.54, 1.807) is 30.3 Å². The number of benzene rings is 2. The number of allylic oxidation sites excluding steroid dienone is 3. The zero-order valence-electron chi connectivity index (χ0n) is 20.3. The third-order valence-electron chi connectivity index (χ3n) is 5.02. The molecule has 0 saturated heterocycles. The zero-order valence-corrected chi connectivity index (χ0v) is 20.3. The Morgan fingerprint density at radius 3 is 2.34 bits per heavy atom. The largest absolute Gasteiger partial charge is 0.489 e. The summed E-state index contributed by atoms with van der Waals surface area (Å²) in [5, 5.41) is 0.288. The van der Waals surface area contributed by atoms with Gasteiger partial charge in [0.1, 0.15) is 17.9 Å². The summed E-state index contributed by atoms with van der Waals surface area (Å²) in [6, 6.07) is 12.9. The second-order valence-electron chi connectivity index (χ2n) is 8.24. The van der Waals surface area contributed by atoms with Gasteiger partial charge in [-0.25, -0.2) is 9.59 Å². The predicted octanol–water partition coefficient (Wildman–Crippen LogP) is 6.01. The van der Waals surface area contributed by atoms with E-state index in [9.17, 15) is 14.4 Å². The summed E-state index contributed by atoms with van der Waals surface area (Å²) in [5.41, 5.74) is 1.90. The van der Waals surface area contributed by atoms with Crippen LogP contribution in [-0.4, -0.2) is 18.5 Å². The van der Waals surface area contributed by atoms with Gasteiger partial charge < -0.3 is 18.6 Å². The van der Waals surface area contributed by atoms with E-state index in [-0.39, 0.29) is 22.3 Å². The van der Waals surface area contributed by atoms with Crippen LogP contribution >= 0.6 is 0 Å². The first-order chi connectivity index (χ1) is 16.7. The molecule has 1 heterocycles. The SMILES string of the molecule is CC(=O)Oc1c(OC(=O)c2ccccc2)c(=O)oc2cc(OC/C=C(\C)CCC=C(C)C)ccc12. The Hall–Kier alpha value is -4.13. The molecule has 2 aromatic carbocycles. The van der Waals surface area contributed by atoms with Crippen molar-refractivity contribution in [1.82, 2.24) is 0 Å². The minimum Gasteiger partial charge on any atom is -0.489 e. The molecule has 0 amide bonds. The molecule has 0 fully saturated rings. The number of hydrogen-bond donors (Lipinski definition) is 0. The maximum absolute atomic E-state index is 12.7. The molecule has 0 atom stereocenters. The van der Waals surface area contributed by atoms with Crippen molar-refractivity contribution in [2.45, 2.75) is 40.5 Å². The molecule has 0 aliphatic rings. The van der Waals surface area contributed by atoms with Crippen LogP contribution in [0, 0.1) is 0 Å². The van der Waals surface area contributed by atoms with Crippen molar-refractivity contribution < 1.29 is 28.2 Å². The summed E-state index contributed by atoms with van der Waals surface area (Å²) >= 11 is 0. The van der Waals surface area contributed by atoms with Gasteiger partial charge in [0.15, 0.2) is 5.75 Å². The highest BCUT2D eigenvalue weighted by Gasteiger charge is 2.23. The minimum atomic E-state index is -0.954. The number of carbonyl (C=O) groups is 2. The molecular weight excluding hydrogens is 448 g/mol. The van der Waals surface area contributed by atoms with Crippen molar-refractivity contribution in [3.63, 3.8) is 0 Å². The van der Waals surface area contributed by atoms with E-state index in [0.717, 1.165) is 12.8 Å². The Balaban J connectivity index is 1.85. The van der Waals surface area contributed by atoms with E-state index in [1.807, 2.05) is 13.0 Å². The van der Waals surface area contributed by atoms with Gasteiger partial charge in [-0.2, -0.15) is 0 Å². The Bertz CT molecular complexity index is 1330. The molecule has 0 unspecified atom stereocenters. The topological polar surface area (TPSA) is 92.0 Å². The third kappa shape index (κ3) is 7.17. The van der Waals surface area contributed by atoms with Crippen molar-refractivity contribution >= 4 is 22.9 Å². The monoisotopic (exact) mass is 476 g/mol. The fourth-order valence-electron chi connectivity index (χ4n) is 3.26. The lowest BCUT2D eigenvalue weighted by molar-refractivity contribution is -0.131. The maximum atomic E-state index is 12.7. The molecule has 7 heteroatoms. The van der Waals surface area contributed by atoms with Crippen LogP contribution in [0.2, 0.25) is 0 Å². The molecular formula is C28H28O7. The number of ether oxygens (including phenoxy) is 3. The van der Waals surface area contributed by atoms with Gasteiger partial charge >= 0.3 is 17.6 Å². The first kappa shape index (κ1) is 25.5. The smallest absolute Gasteiger partial charge is 0.383 e. The maximum Gasteiger partial charge on any atom is 0.383 e. The Labute approximate surface area is 203 Å². The van der Waals surface area contributed by atoms with Gasteiger partial charge in [-0.3, -0.25) is 4.79 Å².